The molecule has 1 unspecified atom stereocenters. The predicted molar refractivity (Wildman–Crippen MR) is 196 cm³/mol. The smallest absolute Gasteiger partial charge is 0.306 e. The summed E-state index contributed by atoms with van der Waals surface area (Å²) < 4.78 is 16.6. The maximum atomic E-state index is 12.6. The normalized spacial score (nSPS) is 12.0. The Bertz CT molecular complexity index is 733. The molecule has 0 bridgehead atoms. The van der Waals surface area contributed by atoms with Crippen LogP contribution in [0.1, 0.15) is 213 Å². The number of ether oxygens (including phenoxy) is 3. The van der Waals surface area contributed by atoms with E-state index in [1.165, 1.54) is 96.3 Å². The number of carbonyl (C=O) groups is 3. The molecule has 6 heteroatoms. The first kappa shape index (κ1) is 45.2. The highest BCUT2D eigenvalue weighted by Crippen LogP contribution is 2.14. The largest absolute Gasteiger partial charge is 0.462 e. The van der Waals surface area contributed by atoms with Crippen LogP contribution in [0.3, 0.4) is 0 Å². The lowest BCUT2D eigenvalue weighted by atomic mass is 10.0. The average Bonchev–Trinajstić information content (AvgIpc) is 3.06. The fourth-order valence-corrected chi connectivity index (χ4v) is 5.68. The Kier molecular flexibility index (Phi) is 35.5. The Hall–Kier alpha value is -1.85. The van der Waals surface area contributed by atoms with Crippen molar-refractivity contribution in [3.63, 3.8) is 0 Å². The van der Waals surface area contributed by atoms with Gasteiger partial charge in [-0.25, -0.2) is 0 Å². The fourth-order valence-electron chi connectivity index (χ4n) is 5.68. The molecule has 0 amide bonds. The second-order valence-electron chi connectivity index (χ2n) is 13.6. The van der Waals surface area contributed by atoms with Crippen LogP contribution in [0.5, 0.6) is 0 Å². The molecule has 0 aliphatic rings. The van der Waals surface area contributed by atoms with Crippen molar-refractivity contribution in [1.29, 1.82) is 0 Å². The van der Waals surface area contributed by atoms with Gasteiger partial charge in [-0.2, -0.15) is 0 Å². The van der Waals surface area contributed by atoms with Gasteiger partial charge >= 0.3 is 17.9 Å². The Morgan fingerprint density at radius 3 is 1.15 bits per heavy atom. The summed E-state index contributed by atoms with van der Waals surface area (Å²) in [5.74, 6) is -0.887. The number of hydrogen-bond donors (Lipinski definition) is 0. The zero-order chi connectivity index (χ0) is 34.5. The van der Waals surface area contributed by atoms with Crippen molar-refractivity contribution in [2.75, 3.05) is 13.2 Å². The minimum atomic E-state index is -0.763. The van der Waals surface area contributed by atoms with Crippen LogP contribution >= 0.6 is 0 Å². The van der Waals surface area contributed by atoms with Gasteiger partial charge in [-0.3, -0.25) is 14.4 Å². The molecule has 0 saturated heterocycles. The molecule has 0 spiro atoms. The van der Waals surface area contributed by atoms with Crippen LogP contribution in [-0.4, -0.2) is 37.2 Å². The number of rotatable bonds is 36. The highest BCUT2D eigenvalue weighted by molar-refractivity contribution is 5.71. The van der Waals surface area contributed by atoms with Crippen molar-refractivity contribution in [3.8, 4) is 0 Å². The monoisotopic (exact) mass is 665 g/mol. The second kappa shape index (κ2) is 37.0. The number of hydrogen-bond acceptors (Lipinski definition) is 6. The summed E-state index contributed by atoms with van der Waals surface area (Å²) >= 11 is 0. The van der Waals surface area contributed by atoms with Crippen LogP contribution in [0.4, 0.5) is 0 Å². The summed E-state index contributed by atoms with van der Waals surface area (Å²) in [6, 6.07) is 0. The molecule has 0 saturated carbocycles. The molecular formula is C41H76O6. The van der Waals surface area contributed by atoms with Crippen LogP contribution in [0, 0.1) is 0 Å². The molecule has 0 radical (unpaired) electrons. The van der Waals surface area contributed by atoms with Crippen molar-refractivity contribution in [3.05, 3.63) is 12.2 Å². The zero-order valence-electron chi connectivity index (χ0n) is 31.3. The lowest BCUT2D eigenvalue weighted by Crippen LogP contribution is -2.30. The van der Waals surface area contributed by atoms with E-state index in [4.69, 9.17) is 14.2 Å². The van der Waals surface area contributed by atoms with Crippen molar-refractivity contribution in [2.24, 2.45) is 0 Å². The molecule has 0 rings (SSSR count). The van der Waals surface area contributed by atoms with Gasteiger partial charge in [-0.1, -0.05) is 168 Å². The zero-order valence-corrected chi connectivity index (χ0v) is 31.3. The topological polar surface area (TPSA) is 78.9 Å². The van der Waals surface area contributed by atoms with Crippen LogP contribution < -0.4 is 0 Å². The predicted octanol–water partition coefficient (Wildman–Crippen LogP) is 12.3. The molecule has 0 aromatic heterocycles. The molecule has 0 fully saturated rings. The lowest BCUT2D eigenvalue weighted by Gasteiger charge is -2.18. The number of allylic oxidation sites excluding steroid dienone is 2. The van der Waals surface area contributed by atoms with Crippen LogP contribution in [0.25, 0.3) is 0 Å². The van der Waals surface area contributed by atoms with E-state index in [-0.39, 0.29) is 31.1 Å². The van der Waals surface area contributed by atoms with E-state index < -0.39 is 6.10 Å². The Morgan fingerprint density at radius 1 is 0.404 bits per heavy atom. The van der Waals surface area contributed by atoms with E-state index in [2.05, 4.69) is 32.9 Å². The summed E-state index contributed by atoms with van der Waals surface area (Å²) in [5, 5.41) is 0. The van der Waals surface area contributed by atoms with Gasteiger partial charge in [0.05, 0.1) is 0 Å². The van der Waals surface area contributed by atoms with E-state index in [1.807, 2.05) is 0 Å². The standard InChI is InChI=1S/C41H76O6/c1-4-7-10-13-16-18-20-21-23-25-28-31-34-40(43)46-37-38(36-45-39(42)33-30-27-24-15-12-9-6-3)47-41(44)35-32-29-26-22-19-17-14-11-8-5-2/h11,14,38H,4-10,12-13,15-37H2,1-3H3/b14-11-. The molecular weight excluding hydrogens is 588 g/mol. The Morgan fingerprint density at radius 2 is 0.745 bits per heavy atom. The first-order valence-corrected chi connectivity index (χ1v) is 20.2. The van der Waals surface area contributed by atoms with Crippen LogP contribution in [0.15, 0.2) is 12.2 Å². The quantitative estimate of drug-likeness (QED) is 0.0287. The number of carbonyl (C=O) groups excluding carboxylic acids is 3. The molecule has 0 aliphatic carbocycles. The van der Waals surface area contributed by atoms with Crippen LogP contribution in [0.2, 0.25) is 0 Å². The summed E-state index contributed by atoms with van der Waals surface area (Å²) in [5.41, 5.74) is 0. The SMILES string of the molecule is CCC/C=C\CCCCCCCC(=O)OC(COC(=O)CCCCCCCCC)COC(=O)CCCCCCCCCCCCCC. The van der Waals surface area contributed by atoms with Gasteiger partial charge in [0, 0.05) is 19.3 Å². The highest BCUT2D eigenvalue weighted by atomic mass is 16.6. The van der Waals surface area contributed by atoms with Gasteiger partial charge in [0.15, 0.2) is 6.10 Å². The second-order valence-corrected chi connectivity index (χ2v) is 13.6. The van der Waals surface area contributed by atoms with Gasteiger partial charge in [0.25, 0.3) is 0 Å². The van der Waals surface area contributed by atoms with E-state index in [9.17, 15) is 14.4 Å². The van der Waals surface area contributed by atoms with Crippen molar-refractivity contribution < 1.29 is 28.6 Å². The Labute approximate surface area is 290 Å². The molecule has 0 aromatic rings. The van der Waals surface area contributed by atoms with Gasteiger partial charge < -0.3 is 14.2 Å². The van der Waals surface area contributed by atoms with Crippen molar-refractivity contribution in [2.45, 2.75) is 219 Å². The van der Waals surface area contributed by atoms with E-state index in [0.29, 0.717) is 19.3 Å². The summed E-state index contributed by atoms with van der Waals surface area (Å²) in [4.78, 5) is 37.3. The molecule has 0 aromatic carbocycles. The molecule has 1 atom stereocenters. The van der Waals surface area contributed by atoms with Crippen LogP contribution in [-0.2, 0) is 28.6 Å². The van der Waals surface area contributed by atoms with Gasteiger partial charge in [0.1, 0.15) is 13.2 Å². The molecule has 276 valence electrons. The maximum absolute atomic E-state index is 12.6. The fraction of sp³-hybridized carbons (Fsp3) is 0.878. The minimum Gasteiger partial charge on any atom is -0.462 e. The molecule has 0 heterocycles. The highest BCUT2D eigenvalue weighted by Gasteiger charge is 2.19. The minimum absolute atomic E-state index is 0.0704. The molecule has 0 aliphatic heterocycles. The average molecular weight is 665 g/mol. The van der Waals surface area contributed by atoms with E-state index in [0.717, 1.165) is 77.0 Å². The van der Waals surface area contributed by atoms with E-state index in [1.54, 1.807) is 0 Å². The van der Waals surface area contributed by atoms with Crippen molar-refractivity contribution >= 4 is 17.9 Å². The van der Waals surface area contributed by atoms with Gasteiger partial charge in [-0.15, -0.1) is 0 Å². The lowest BCUT2D eigenvalue weighted by molar-refractivity contribution is -0.167. The number of esters is 3. The van der Waals surface area contributed by atoms with Gasteiger partial charge in [0.2, 0.25) is 0 Å². The summed E-state index contributed by atoms with van der Waals surface area (Å²) in [6.07, 6.45) is 36.3. The summed E-state index contributed by atoms with van der Waals surface area (Å²) in [6.45, 7) is 6.51. The first-order chi connectivity index (χ1) is 23.0. The van der Waals surface area contributed by atoms with Gasteiger partial charge in [-0.05, 0) is 38.5 Å². The molecule has 0 N–H and O–H groups in total. The maximum Gasteiger partial charge on any atom is 0.306 e. The summed E-state index contributed by atoms with van der Waals surface area (Å²) in [7, 11) is 0. The molecule has 47 heavy (non-hydrogen) atoms. The third kappa shape index (κ3) is 35.3. The molecule has 6 nitrogen and oxygen atoms in total. The third-order valence-corrected chi connectivity index (χ3v) is 8.75. The van der Waals surface area contributed by atoms with Crippen molar-refractivity contribution in [1.82, 2.24) is 0 Å². The third-order valence-electron chi connectivity index (χ3n) is 8.75. The Balaban J connectivity index is 4.32. The number of unbranched alkanes of at least 4 members (excludes halogenated alkanes) is 23. The first-order valence-electron chi connectivity index (χ1n) is 20.2. The van der Waals surface area contributed by atoms with E-state index >= 15 is 0 Å².